The molecule has 1 aromatic carbocycles. The molecule has 0 spiro atoms. The average molecular weight is 283 g/mol. The summed E-state index contributed by atoms with van der Waals surface area (Å²) >= 11 is 12.3. The highest BCUT2D eigenvalue weighted by atomic mass is 35.5. The van der Waals surface area contributed by atoms with Crippen LogP contribution in [0.4, 0.5) is 5.69 Å². The summed E-state index contributed by atoms with van der Waals surface area (Å²) in [6.07, 6.45) is 4.17. The highest BCUT2D eigenvalue weighted by molar-refractivity contribution is 6.38. The normalized spacial score (nSPS) is 18.8. The maximum atomic E-state index is 6.14. The molecule has 1 fully saturated rings. The Morgan fingerprint density at radius 3 is 2.61 bits per heavy atom. The second-order valence-electron chi connectivity index (χ2n) is 4.28. The van der Waals surface area contributed by atoms with Crippen LogP contribution in [0.15, 0.2) is 35.0 Å². The first kappa shape index (κ1) is 13.4. The summed E-state index contributed by atoms with van der Waals surface area (Å²) in [5, 5.41) is 1.19. The van der Waals surface area contributed by atoms with E-state index in [9.17, 15) is 0 Å². The van der Waals surface area contributed by atoms with E-state index in [4.69, 9.17) is 23.2 Å². The van der Waals surface area contributed by atoms with Crippen molar-refractivity contribution >= 4 is 34.7 Å². The Kier molecular flexibility index (Phi) is 4.31. The number of aliphatic imine (C=N–C) groups is 1. The fraction of sp³-hybridized carbons (Fsp3) is 0.357. The van der Waals surface area contributed by atoms with E-state index in [0.29, 0.717) is 15.7 Å². The van der Waals surface area contributed by atoms with E-state index in [0.717, 1.165) is 25.2 Å². The molecule has 1 aromatic rings. The topological polar surface area (TPSA) is 15.6 Å². The van der Waals surface area contributed by atoms with Crippen LogP contribution >= 0.6 is 23.2 Å². The third-order valence-electron chi connectivity index (χ3n) is 3.12. The molecule has 0 aromatic heterocycles. The highest BCUT2D eigenvalue weighted by Gasteiger charge is 2.20. The molecular formula is C14H16Cl2N2. The van der Waals surface area contributed by atoms with Crippen molar-refractivity contribution in [2.45, 2.75) is 26.7 Å². The number of allylic oxidation sites excluding steroid dienone is 2. The average Bonchev–Trinajstić information content (AvgIpc) is 2.81. The molecule has 1 heterocycles. The minimum absolute atomic E-state index is 0.597. The van der Waals surface area contributed by atoms with Crippen molar-refractivity contribution in [3.8, 4) is 0 Å². The molecule has 0 saturated carbocycles. The van der Waals surface area contributed by atoms with Gasteiger partial charge in [-0.25, -0.2) is 4.99 Å². The Labute approximate surface area is 118 Å². The molecule has 0 bridgehead atoms. The summed E-state index contributed by atoms with van der Waals surface area (Å²) in [7, 11) is 0. The summed E-state index contributed by atoms with van der Waals surface area (Å²) in [5.74, 6) is 1.04. The smallest absolute Gasteiger partial charge is 0.109 e. The van der Waals surface area contributed by atoms with Crippen molar-refractivity contribution in [3.63, 3.8) is 0 Å². The lowest BCUT2D eigenvalue weighted by molar-refractivity contribution is 0.555. The highest BCUT2D eigenvalue weighted by Crippen LogP contribution is 2.34. The number of benzene rings is 1. The predicted molar refractivity (Wildman–Crippen MR) is 78.9 cm³/mol. The van der Waals surface area contributed by atoms with Crippen molar-refractivity contribution < 1.29 is 0 Å². The lowest BCUT2D eigenvalue weighted by Gasteiger charge is -2.19. The molecule has 0 atom stereocenters. The Balaban J connectivity index is 2.38. The fourth-order valence-corrected chi connectivity index (χ4v) is 2.52. The molecular weight excluding hydrogens is 267 g/mol. The molecule has 0 N–H and O–H groups in total. The van der Waals surface area contributed by atoms with Gasteiger partial charge in [0.25, 0.3) is 0 Å². The van der Waals surface area contributed by atoms with Crippen LogP contribution in [-0.4, -0.2) is 17.3 Å². The fourth-order valence-electron chi connectivity index (χ4n) is 2.04. The molecule has 2 rings (SSSR count). The van der Waals surface area contributed by atoms with E-state index in [1.54, 1.807) is 0 Å². The van der Waals surface area contributed by atoms with Gasteiger partial charge in [0.1, 0.15) is 11.5 Å². The summed E-state index contributed by atoms with van der Waals surface area (Å²) in [4.78, 5) is 6.87. The van der Waals surface area contributed by atoms with Crippen LogP contribution in [-0.2, 0) is 0 Å². The first-order chi connectivity index (χ1) is 8.63. The van der Waals surface area contributed by atoms with E-state index in [1.165, 1.54) is 5.70 Å². The van der Waals surface area contributed by atoms with E-state index in [1.807, 2.05) is 25.1 Å². The van der Waals surface area contributed by atoms with Gasteiger partial charge < -0.3 is 4.90 Å². The lowest BCUT2D eigenvalue weighted by Crippen LogP contribution is -2.22. The number of rotatable bonds is 2. The molecule has 1 saturated heterocycles. The van der Waals surface area contributed by atoms with Gasteiger partial charge in [-0.3, -0.25) is 0 Å². The largest absolute Gasteiger partial charge is 0.334 e. The van der Waals surface area contributed by atoms with Gasteiger partial charge in [0.2, 0.25) is 0 Å². The Morgan fingerprint density at radius 1 is 1.33 bits per heavy atom. The number of likely N-dealkylation sites (tertiary alicyclic amines) is 1. The van der Waals surface area contributed by atoms with Gasteiger partial charge in [0, 0.05) is 18.7 Å². The Bertz CT molecular complexity index is 486. The van der Waals surface area contributed by atoms with Crippen molar-refractivity contribution in [1.82, 2.24) is 4.90 Å². The molecule has 18 heavy (non-hydrogen) atoms. The third kappa shape index (κ3) is 2.70. The van der Waals surface area contributed by atoms with Crippen molar-refractivity contribution in [1.29, 1.82) is 0 Å². The SMILES string of the molecule is C/C=C(/C)N1CCCC1=Nc1c(Cl)cccc1Cl. The van der Waals surface area contributed by atoms with Gasteiger partial charge in [-0.05, 0) is 32.4 Å². The van der Waals surface area contributed by atoms with Crippen LogP contribution in [0.3, 0.4) is 0 Å². The standard InChI is InChI=1S/C14H16Cl2N2/c1-3-10(2)18-9-5-8-13(18)17-14-11(15)6-4-7-12(14)16/h3-4,6-7H,5,8-9H2,1-2H3/b10-3-,17-13?. The predicted octanol–water partition coefficient (Wildman–Crippen LogP) is 5.04. The lowest BCUT2D eigenvalue weighted by atomic mass is 10.3. The summed E-state index contributed by atoms with van der Waals surface area (Å²) in [6.45, 7) is 5.14. The second-order valence-corrected chi connectivity index (χ2v) is 5.10. The summed E-state index contributed by atoms with van der Waals surface area (Å²) in [6, 6.07) is 5.46. The minimum Gasteiger partial charge on any atom is -0.334 e. The van der Waals surface area contributed by atoms with Crippen LogP contribution in [0.25, 0.3) is 0 Å². The van der Waals surface area contributed by atoms with Crippen molar-refractivity contribution in [3.05, 3.63) is 40.0 Å². The second kappa shape index (κ2) is 5.77. The van der Waals surface area contributed by atoms with Crippen LogP contribution < -0.4 is 0 Å². The molecule has 0 aliphatic carbocycles. The number of hydrogen-bond acceptors (Lipinski definition) is 1. The Morgan fingerprint density at radius 2 is 2.00 bits per heavy atom. The maximum Gasteiger partial charge on any atom is 0.109 e. The molecule has 1 aliphatic heterocycles. The maximum absolute atomic E-state index is 6.14. The van der Waals surface area contributed by atoms with Gasteiger partial charge in [-0.2, -0.15) is 0 Å². The molecule has 0 radical (unpaired) electrons. The summed E-state index contributed by atoms with van der Waals surface area (Å²) < 4.78 is 0. The third-order valence-corrected chi connectivity index (χ3v) is 3.73. The quantitative estimate of drug-likeness (QED) is 0.742. The number of hydrogen-bond donors (Lipinski definition) is 0. The van der Waals surface area contributed by atoms with Crippen LogP contribution in [0.1, 0.15) is 26.7 Å². The van der Waals surface area contributed by atoms with Crippen molar-refractivity contribution in [2.24, 2.45) is 4.99 Å². The van der Waals surface area contributed by atoms with Gasteiger partial charge >= 0.3 is 0 Å². The van der Waals surface area contributed by atoms with Gasteiger partial charge in [0.15, 0.2) is 0 Å². The van der Waals surface area contributed by atoms with Crippen molar-refractivity contribution in [2.75, 3.05) is 6.54 Å². The zero-order valence-electron chi connectivity index (χ0n) is 10.6. The molecule has 0 unspecified atom stereocenters. The zero-order valence-corrected chi connectivity index (χ0v) is 12.1. The molecule has 1 aliphatic rings. The van der Waals surface area contributed by atoms with E-state index in [2.05, 4.69) is 22.9 Å². The number of halogens is 2. The number of nitrogens with zero attached hydrogens (tertiary/aromatic N) is 2. The first-order valence-corrected chi connectivity index (χ1v) is 6.81. The monoisotopic (exact) mass is 282 g/mol. The van der Waals surface area contributed by atoms with Gasteiger partial charge in [0.05, 0.1) is 10.0 Å². The van der Waals surface area contributed by atoms with Crippen LogP contribution in [0, 0.1) is 0 Å². The minimum atomic E-state index is 0.597. The molecule has 4 heteroatoms. The van der Waals surface area contributed by atoms with Gasteiger partial charge in [-0.15, -0.1) is 0 Å². The van der Waals surface area contributed by atoms with E-state index < -0.39 is 0 Å². The summed E-state index contributed by atoms with van der Waals surface area (Å²) in [5.41, 5.74) is 1.89. The molecule has 96 valence electrons. The first-order valence-electron chi connectivity index (χ1n) is 6.05. The van der Waals surface area contributed by atoms with E-state index >= 15 is 0 Å². The number of amidine groups is 1. The number of para-hydroxylation sites is 1. The van der Waals surface area contributed by atoms with Gasteiger partial charge in [-0.1, -0.05) is 35.3 Å². The molecule has 2 nitrogen and oxygen atoms in total. The zero-order chi connectivity index (χ0) is 13.1. The molecule has 0 amide bonds. The van der Waals surface area contributed by atoms with E-state index in [-0.39, 0.29) is 0 Å². The van der Waals surface area contributed by atoms with Crippen LogP contribution in [0.5, 0.6) is 0 Å². The Hall–Kier alpha value is -0.990. The van der Waals surface area contributed by atoms with Crippen LogP contribution in [0.2, 0.25) is 10.0 Å².